The fourth-order valence-corrected chi connectivity index (χ4v) is 10.4. The minimum atomic E-state index is 1.17. The molecule has 0 atom stereocenters. The zero-order valence-corrected chi connectivity index (χ0v) is 28.5. The van der Waals surface area contributed by atoms with Crippen molar-refractivity contribution in [3.05, 3.63) is 170 Å². The fraction of sp³-hybridized carbons (Fsp3) is 0. The molecule has 0 bridgehead atoms. The molecule has 50 heavy (non-hydrogen) atoms. The summed E-state index contributed by atoms with van der Waals surface area (Å²) in [5.41, 5.74) is 9.63. The van der Waals surface area contributed by atoms with Crippen LogP contribution < -0.4 is 0 Å². The largest absolute Gasteiger partial charge is 0.309 e. The van der Waals surface area contributed by atoms with Gasteiger partial charge in [-0.05, 0) is 76.9 Å². The number of fused-ring (bicyclic) bond motifs is 10. The van der Waals surface area contributed by atoms with Crippen LogP contribution in [0, 0.1) is 0 Å². The Bertz CT molecular complexity index is 2970. The van der Waals surface area contributed by atoms with Gasteiger partial charge in [0.1, 0.15) is 9.66 Å². The number of para-hydroxylation sites is 2. The lowest BCUT2D eigenvalue weighted by Gasteiger charge is -2.12. The molecular formula is C46H28N2S2. The summed E-state index contributed by atoms with van der Waals surface area (Å²) >= 11 is 3.78. The maximum absolute atomic E-state index is 2.50. The van der Waals surface area contributed by atoms with E-state index < -0.39 is 0 Å². The number of hydrogen-bond acceptors (Lipinski definition) is 2. The van der Waals surface area contributed by atoms with Gasteiger partial charge in [-0.3, -0.25) is 4.57 Å². The highest BCUT2D eigenvalue weighted by atomic mass is 32.1. The SMILES string of the molecule is c1cc(-c2cccc(-n3c4ccccc4c4ccccc43)c2)cc(-c2cccc(-n3c4sc5ccccc5c4c4c5ccccc5sc43)c2)c1. The molecule has 4 aromatic heterocycles. The summed E-state index contributed by atoms with van der Waals surface area (Å²) in [4.78, 5) is 2.62. The van der Waals surface area contributed by atoms with Gasteiger partial charge < -0.3 is 4.57 Å². The second-order valence-electron chi connectivity index (χ2n) is 12.9. The molecule has 11 rings (SSSR count). The van der Waals surface area contributed by atoms with Gasteiger partial charge in [0.25, 0.3) is 0 Å². The van der Waals surface area contributed by atoms with Crippen LogP contribution in [0.3, 0.4) is 0 Å². The lowest BCUT2D eigenvalue weighted by atomic mass is 9.98. The third-order valence-corrected chi connectivity index (χ3v) is 12.4. The average Bonchev–Trinajstić information content (AvgIpc) is 3.91. The van der Waals surface area contributed by atoms with Crippen molar-refractivity contribution in [2.24, 2.45) is 0 Å². The molecule has 0 saturated heterocycles. The van der Waals surface area contributed by atoms with Crippen LogP contribution in [0.1, 0.15) is 0 Å². The summed E-state index contributed by atoms with van der Waals surface area (Å²) < 4.78 is 7.55. The number of thiophene rings is 2. The van der Waals surface area contributed by atoms with E-state index in [-0.39, 0.29) is 0 Å². The molecule has 4 heteroatoms. The van der Waals surface area contributed by atoms with E-state index in [0.717, 1.165) is 0 Å². The van der Waals surface area contributed by atoms with Crippen LogP contribution in [0.25, 0.3) is 96.0 Å². The molecule has 234 valence electrons. The van der Waals surface area contributed by atoms with E-state index >= 15 is 0 Å². The zero-order chi connectivity index (χ0) is 32.8. The van der Waals surface area contributed by atoms with Crippen molar-refractivity contribution in [1.29, 1.82) is 0 Å². The van der Waals surface area contributed by atoms with E-state index in [0.29, 0.717) is 0 Å². The third-order valence-electron chi connectivity index (χ3n) is 10.1. The summed E-state index contributed by atoms with van der Waals surface area (Å²) in [5, 5.41) is 7.97. The van der Waals surface area contributed by atoms with Gasteiger partial charge in [-0.2, -0.15) is 0 Å². The first-order valence-corrected chi connectivity index (χ1v) is 18.6. The topological polar surface area (TPSA) is 9.86 Å². The Labute approximate surface area is 296 Å². The van der Waals surface area contributed by atoms with Crippen LogP contribution in [-0.2, 0) is 0 Å². The van der Waals surface area contributed by atoms with Gasteiger partial charge in [0, 0.05) is 53.1 Å². The van der Waals surface area contributed by atoms with Gasteiger partial charge in [-0.25, -0.2) is 0 Å². The van der Waals surface area contributed by atoms with Crippen molar-refractivity contribution >= 4 is 85.1 Å². The first-order valence-electron chi connectivity index (χ1n) is 16.9. The fourth-order valence-electron chi connectivity index (χ4n) is 7.92. The highest BCUT2D eigenvalue weighted by Gasteiger charge is 2.22. The maximum Gasteiger partial charge on any atom is 0.110 e. The number of rotatable bonds is 4. The van der Waals surface area contributed by atoms with E-state index in [4.69, 9.17) is 0 Å². The van der Waals surface area contributed by atoms with Crippen molar-refractivity contribution in [2.45, 2.75) is 0 Å². The first kappa shape index (κ1) is 28.0. The van der Waals surface area contributed by atoms with Crippen molar-refractivity contribution in [1.82, 2.24) is 9.13 Å². The molecule has 0 amide bonds. The Morgan fingerprint density at radius 1 is 0.320 bits per heavy atom. The van der Waals surface area contributed by atoms with Crippen LogP contribution in [-0.4, -0.2) is 9.13 Å². The van der Waals surface area contributed by atoms with Crippen molar-refractivity contribution in [2.75, 3.05) is 0 Å². The van der Waals surface area contributed by atoms with Crippen LogP contribution in [0.2, 0.25) is 0 Å². The van der Waals surface area contributed by atoms with Gasteiger partial charge >= 0.3 is 0 Å². The van der Waals surface area contributed by atoms with E-state index in [9.17, 15) is 0 Å². The molecule has 0 aliphatic heterocycles. The minimum absolute atomic E-state index is 1.17. The summed E-state index contributed by atoms with van der Waals surface area (Å²) in [5.74, 6) is 0. The summed E-state index contributed by atoms with van der Waals surface area (Å²) in [6.07, 6.45) is 0. The number of benzene rings is 7. The maximum atomic E-state index is 2.50. The number of nitrogens with zero attached hydrogens (tertiary/aromatic N) is 2. The molecule has 11 aromatic rings. The summed E-state index contributed by atoms with van der Waals surface area (Å²) in [6, 6.07) is 62.1. The van der Waals surface area contributed by atoms with Gasteiger partial charge in [0.2, 0.25) is 0 Å². The van der Waals surface area contributed by atoms with Crippen molar-refractivity contribution in [3.8, 4) is 33.6 Å². The Balaban J connectivity index is 1.05. The number of hydrogen-bond donors (Lipinski definition) is 0. The van der Waals surface area contributed by atoms with Gasteiger partial charge in [-0.15, -0.1) is 22.7 Å². The number of aromatic nitrogens is 2. The van der Waals surface area contributed by atoms with E-state index in [1.807, 2.05) is 22.7 Å². The van der Waals surface area contributed by atoms with Crippen molar-refractivity contribution in [3.63, 3.8) is 0 Å². The molecule has 0 N–H and O–H groups in total. The van der Waals surface area contributed by atoms with Crippen LogP contribution in [0.15, 0.2) is 170 Å². The molecule has 0 spiro atoms. The molecule has 7 aromatic carbocycles. The predicted octanol–water partition coefficient (Wildman–Crippen LogP) is 13.6. The van der Waals surface area contributed by atoms with E-state index in [2.05, 4.69) is 179 Å². The zero-order valence-electron chi connectivity index (χ0n) is 26.9. The van der Waals surface area contributed by atoms with Crippen LogP contribution in [0.5, 0.6) is 0 Å². The lowest BCUT2D eigenvalue weighted by Crippen LogP contribution is -1.94. The molecule has 0 aliphatic carbocycles. The standard InChI is InChI=1S/C46H28N2S2/c1-5-22-39-35(18-1)36-19-2-6-23-40(36)47(39)33-16-10-14-31(27-33)29-12-9-13-30(26-29)32-15-11-17-34(28-32)48-45-43(37-20-3-7-24-41(37)49-45)44-38-21-4-8-25-42(38)50-46(44)48/h1-28H. The Morgan fingerprint density at radius 2 is 0.720 bits per heavy atom. The molecule has 0 fully saturated rings. The second-order valence-corrected chi connectivity index (χ2v) is 15.0. The molecule has 0 aliphatic rings. The average molecular weight is 673 g/mol. The molecule has 2 nitrogen and oxygen atoms in total. The predicted molar refractivity (Wildman–Crippen MR) is 217 cm³/mol. The van der Waals surface area contributed by atoms with Crippen LogP contribution in [0.4, 0.5) is 0 Å². The Morgan fingerprint density at radius 3 is 1.24 bits per heavy atom. The highest BCUT2D eigenvalue weighted by molar-refractivity contribution is 7.28. The van der Waals surface area contributed by atoms with Gasteiger partial charge in [-0.1, -0.05) is 115 Å². The first-order chi connectivity index (χ1) is 24.8. The molecule has 0 saturated carbocycles. The lowest BCUT2D eigenvalue weighted by molar-refractivity contribution is 1.18. The minimum Gasteiger partial charge on any atom is -0.309 e. The second kappa shape index (κ2) is 10.8. The normalized spacial score (nSPS) is 12.0. The highest BCUT2D eigenvalue weighted by Crippen LogP contribution is 2.48. The van der Waals surface area contributed by atoms with Gasteiger partial charge in [0.05, 0.1) is 11.0 Å². The smallest absolute Gasteiger partial charge is 0.110 e. The molecular weight excluding hydrogens is 645 g/mol. The molecule has 0 unspecified atom stereocenters. The molecule has 0 radical (unpaired) electrons. The summed E-state index contributed by atoms with van der Waals surface area (Å²) in [6.45, 7) is 0. The van der Waals surface area contributed by atoms with Crippen LogP contribution >= 0.6 is 22.7 Å². The van der Waals surface area contributed by atoms with Crippen molar-refractivity contribution < 1.29 is 0 Å². The van der Waals surface area contributed by atoms with E-state index in [1.54, 1.807) is 0 Å². The van der Waals surface area contributed by atoms with Gasteiger partial charge in [0.15, 0.2) is 0 Å². The Kier molecular flexibility index (Phi) is 6.03. The third kappa shape index (κ3) is 4.07. The quantitative estimate of drug-likeness (QED) is 0.176. The summed E-state index contributed by atoms with van der Waals surface area (Å²) in [7, 11) is 0. The monoisotopic (exact) mass is 672 g/mol. The Hall–Kier alpha value is -5.94. The van der Waals surface area contributed by atoms with E-state index in [1.165, 1.54) is 96.0 Å². The molecule has 4 heterocycles.